The highest BCUT2D eigenvalue weighted by Gasteiger charge is 2.35. The molecule has 0 bridgehead atoms. The van der Waals surface area contributed by atoms with E-state index in [1.165, 1.54) is 32.1 Å². The van der Waals surface area contributed by atoms with Crippen molar-refractivity contribution >= 4 is 39.1 Å². The summed E-state index contributed by atoms with van der Waals surface area (Å²) in [7, 11) is 0. The van der Waals surface area contributed by atoms with Crippen LogP contribution in [0.4, 0.5) is 5.69 Å². The van der Waals surface area contributed by atoms with Gasteiger partial charge in [-0.15, -0.1) is 0 Å². The summed E-state index contributed by atoms with van der Waals surface area (Å²) >= 11 is 9.40. The average molecular weight is 372 g/mol. The maximum absolute atomic E-state index is 12.5. The first-order chi connectivity index (χ1) is 10.1. The van der Waals surface area contributed by atoms with Crippen molar-refractivity contribution in [3.63, 3.8) is 0 Å². The van der Waals surface area contributed by atoms with Gasteiger partial charge in [-0.1, -0.05) is 37.3 Å². The van der Waals surface area contributed by atoms with E-state index in [0.717, 1.165) is 29.2 Å². The van der Waals surface area contributed by atoms with Gasteiger partial charge in [0, 0.05) is 16.6 Å². The van der Waals surface area contributed by atoms with Gasteiger partial charge in [0.1, 0.15) is 0 Å². The zero-order chi connectivity index (χ0) is 14.8. The lowest BCUT2D eigenvalue weighted by Gasteiger charge is -2.38. The zero-order valence-electron chi connectivity index (χ0n) is 11.9. The summed E-state index contributed by atoms with van der Waals surface area (Å²) in [5.41, 5.74) is 0.599. The molecule has 0 aliphatic heterocycles. The lowest BCUT2D eigenvalue weighted by molar-refractivity contribution is -0.122. The molecule has 0 spiro atoms. The normalized spacial score (nSPS) is 28.8. The fourth-order valence-corrected chi connectivity index (χ4v) is 4.34. The fraction of sp³-hybridized carbons (Fsp3) is 0.625. The molecule has 114 valence electrons. The number of aromatic nitrogens is 1. The van der Waals surface area contributed by atoms with E-state index < -0.39 is 0 Å². The van der Waals surface area contributed by atoms with Gasteiger partial charge >= 0.3 is 0 Å². The van der Waals surface area contributed by atoms with Crippen LogP contribution in [0.25, 0.3) is 0 Å². The Morgan fingerprint density at radius 2 is 2.00 bits per heavy atom. The van der Waals surface area contributed by atoms with Crippen LogP contribution >= 0.6 is 27.5 Å². The quantitative estimate of drug-likeness (QED) is 0.740. The molecule has 1 aromatic heterocycles. The maximum atomic E-state index is 12.5. The lowest BCUT2D eigenvalue weighted by Crippen LogP contribution is -2.33. The summed E-state index contributed by atoms with van der Waals surface area (Å²) in [6, 6.07) is 1.81. The molecule has 1 aromatic rings. The first-order valence-corrected chi connectivity index (χ1v) is 8.92. The first kappa shape index (κ1) is 15.3. The van der Waals surface area contributed by atoms with Crippen molar-refractivity contribution in [2.45, 2.75) is 44.9 Å². The van der Waals surface area contributed by atoms with Crippen molar-refractivity contribution in [1.82, 2.24) is 4.98 Å². The second-order valence-electron chi connectivity index (χ2n) is 6.30. The highest BCUT2D eigenvalue weighted by atomic mass is 79.9. The molecule has 1 heterocycles. The number of carbonyl (C=O) groups excluding carboxylic acids is 1. The molecular weight excluding hydrogens is 352 g/mol. The lowest BCUT2D eigenvalue weighted by atomic mass is 9.67. The van der Waals surface area contributed by atoms with Gasteiger partial charge in [0.2, 0.25) is 5.91 Å². The standard InChI is InChI=1S/C16H20BrClN2O/c17-13-8-14(15(18)19-9-13)20-16(21)12-6-5-10-3-1-2-4-11(10)7-12/h8-12H,1-7H2,(H,20,21). The van der Waals surface area contributed by atoms with Crippen molar-refractivity contribution in [1.29, 1.82) is 0 Å². The van der Waals surface area contributed by atoms with Gasteiger partial charge in [0.25, 0.3) is 0 Å². The van der Waals surface area contributed by atoms with E-state index in [1.54, 1.807) is 12.3 Å². The third-order valence-electron chi connectivity index (χ3n) is 4.97. The molecule has 0 saturated heterocycles. The van der Waals surface area contributed by atoms with E-state index in [-0.39, 0.29) is 11.8 Å². The Kier molecular flexibility index (Phi) is 4.85. The van der Waals surface area contributed by atoms with E-state index >= 15 is 0 Å². The highest BCUT2D eigenvalue weighted by Crippen LogP contribution is 2.43. The Morgan fingerprint density at radius 1 is 1.24 bits per heavy atom. The van der Waals surface area contributed by atoms with E-state index in [9.17, 15) is 4.79 Å². The predicted molar refractivity (Wildman–Crippen MR) is 88.4 cm³/mol. The molecule has 3 unspecified atom stereocenters. The average Bonchev–Trinajstić information content (AvgIpc) is 2.50. The molecule has 2 fully saturated rings. The smallest absolute Gasteiger partial charge is 0.227 e. The molecule has 3 nitrogen and oxygen atoms in total. The molecule has 2 aliphatic rings. The minimum atomic E-state index is 0.0980. The summed E-state index contributed by atoms with van der Waals surface area (Å²) in [4.78, 5) is 16.5. The molecule has 21 heavy (non-hydrogen) atoms. The van der Waals surface area contributed by atoms with Crippen LogP contribution in [0.15, 0.2) is 16.7 Å². The van der Waals surface area contributed by atoms with Gasteiger partial charge < -0.3 is 5.32 Å². The van der Waals surface area contributed by atoms with Gasteiger partial charge in [-0.05, 0) is 53.1 Å². The Hall–Kier alpha value is -0.610. The van der Waals surface area contributed by atoms with Crippen molar-refractivity contribution in [2.75, 3.05) is 5.32 Å². The zero-order valence-corrected chi connectivity index (χ0v) is 14.3. The third kappa shape index (κ3) is 3.59. The molecule has 1 amide bonds. The Balaban J connectivity index is 1.64. The number of hydrogen-bond acceptors (Lipinski definition) is 2. The summed E-state index contributed by atoms with van der Waals surface area (Å²) in [5.74, 6) is 1.83. The third-order valence-corrected chi connectivity index (χ3v) is 5.71. The SMILES string of the molecule is O=C(Nc1cc(Br)cnc1Cl)C1CCC2CCCCC2C1. The van der Waals surface area contributed by atoms with Crippen LogP contribution in [0.2, 0.25) is 5.15 Å². The molecule has 0 aromatic carbocycles. The first-order valence-electron chi connectivity index (χ1n) is 7.75. The van der Waals surface area contributed by atoms with E-state index in [0.29, 0.717) is 10.8 Å². The number of fused-ring (bicyclic) bond motifs is 1. The molecule has 2 aliphatic carbocycles. The minimum absolute atomic E-state index is 0.0980. The van der Waals surface area contributed by atoms with Crippen molar-refractivity contribution in [2.24, 2.45) is 17.8 Å². The van der Waals surface area contributed by atoms with Crippen LogP contribution in [-0.4, -0.2) is 10.9 Å². The molecule has 0 radical (unpaired) electrons. The topological polar surface area (TPSA) is 42.0 Å². The molecule has 5 heteroatoms. The van der Waals surface area contributed by atoms with Gasteiger partial charge in [0.05, 0.1) is 5.69 Å². The van der Waals surface area contributed by atoms with E-state index in [1.807, 2.05) is 0 Å². The maximum Gasteiger partial charge on any atom is 0.227 e. The largest absolute Gasteiger partial charge is 0.323 e. The van der Waals surface area contributed by atoms with Gasteiger partial charge in [-0.25, -0.2) is 4.98 Å². The minimum Gasteiger partial charge on any atom is -0.323 e. The molecule has 3 rings (SSSR count). The highest BCUT2D eigenvalue weighted by molar-refractivity contribution is 9.10. The van der Waals surface area contributed by atoms with Crippen LogP contribution in [0.1, 0.15) is 44.9 Å². The second kappa shape index (κ2) is 6.66. The Morgan fingerprint density at radius 3 is 2.81 bits per heavy atom. The summed E-state index contributed by atoms with van der Waals surface area (Å²) in [6.07, 6.45) is 10.2. The number of nitrogens with zero attached hydrogens (tertiary/aromatic N) is 1. The number of nitrogens with one attached hydrogen (secondary N) is 1. The van der Waals surface area contributed by atoms with Gasteiger partial charge in [-0.3, -0.25) is 4.79 Å². The van der Waals surface area contributed by atoms with Crippen molar-refractivity contribution in [3.8, 4) is 0 Å². The number of rotatable bonds is 2. The number of anilines is 1. The van der Waals surface area contributed by atoms with Crippen LogP contribution < -0.4 is 5.32 Å². The van der Waals surface area contributed by atoms with Crippen molar-refractivity contribution < 1.29 is 4.79 Å². The summed E-state index contributed by atoms with van der Waals surface area (Å²) < 4.78 is 0.818. The Labute approximate surface area is 139 Å². The summed E-state index contributed by atoms with van der Waals surface area (Å²) in [5, 5.41) is 3.30. The van der Waals surface area contributed by atoms with Crippen LogP contribution in [0.3, 0.4) is 0 Å². The van der Waals surface area contributed by atoms with Crippen LogP contribution in [-0.2, 0) is 4.79 Å². The van der Waals surface area contributed by atoms with Crippen LogP contribution in [0, 0.1) is 17.8 Å². The predicted octanol–water partition coefficient (Wildman–Crippen LogP) is 5.04. The molecular formula is C16H20BrClN2O. The van der Waals surface area contributed by atoms with Crippen LogP contribution in [0.5, 0.6) is 0 Å². The van der Waals surface area contributed by atoms with Crippen molar-refractivity contribution in [3.05, 3.63) is 21.9 Å². The number of pyridine rings is 1. The van der Waals surface area contributed by atoms with E-state index in [2.05, 4.69) is 26.2 Å². The monoisotopic (exact) mass is 370 g/mol. The molecule has 3 atom stereocenters. The van der Waals surface area contributed by atoms with E-state index in [4.69, 9.17) is 11.6 Å². The number of amides is 1. The Bertz CT molecular complexity index is 537. The number of halogens is 2. The van der Waals surface area contributed by atoms with Gasteiger partial charge in [0.15, 0.2) is 5.15 Å². The molecule has 1 N–H and O–H groups in total. The number of carbonyl (C=O) groups is 1. The second-order valence-corrected chi connectivity index (χ2v) is 7.57. The van der Waals surface area contributed by atoms with Gasteiger partial charge in [-0.2, -0.15) is 0 Å². The number of hydrogen-bond donors (Lipinski definition) is 1. The summed E-state index contributed by atoms with van der Waals surface area (Å²) in [6.45, 7) is 0. The fourth-order valence-electron chi connectivity index (χ4n) is 3.86. The molecule has 2 saturated carbocycles.